The molecular formula is C8H6ClNO3S. The van der Waals surface area contributed by atoms with Crippen molar-refractivity contribution in [3.05, 3.63) is 23.8 Å². The molecule has 0 radical (unpaired) electrons. The summed E-state index contributed by atoms with van der Waals surface area (Å²) in [5, 5.41) is 0. The lowest BCUT2D eigenvalue weighted by Gasteiger charge is -2.00. The van der Waals surface area contributed by atoms with Crippen LogP contribution >= 0.6 is 10.7 Å². The van der Waals surface area contributed by atoms with Gasteiger partial charge in [0.25, 0.3) is 9.05 Å². The highest BCUT2D eigenvalue weighted by atomic mass is 35.7. The van der Waals surface area contributed by atoms with Crippen LogP contribution in [0.3, 0.4) is 0 Å². The van der Waals surface area contributed by atoms with Gasteiger partial charge in [-0.3, -0.25) is 0 Å². The van der Waals surface area contributed by atoms with Gasteiger partial charge in [0, 0.05) is 10.7 Å². The summed E-state index contributed by atoms with van der Waals surface area (Å²) in [6.45, 7) is 1.71. The molecule has 0 spiro atoms. The van der Waals surface area contributed by atoms with Gasteiger partial charge in [0.2, 0.25) is 6.08 Å². The second-order valence-electron chi connectivity index (χ2n) is 2.61. The number of carbonyl (C=O) groups excluding carboxylic acids is 1. The lowest BCUT2D eigenvalue weighted by molar-refractivity contribution is 0.565. The van der Waals surface area contributed by atoms with Crippen LogP contribution in [0.2, 0.25) is 0 Å². The van der Waals surface area contributed by atoms with E-state index in [9.17, 15) is 13.2 Å². The Morgan fingerprint density at radius 3 is 2.57 bits per heavy atom. The highest BCUT2D eigenvalue weighted by Gasteiger charge is 2.15. The quantitative estimate of drug-likeness (QED) is 0.444. The monoisotopic (exact) mass is 231 g/mol. The van der Waals surface area contributed by atoms with Gasteiger partial charge in [0.15, 0.2) is 0 Å². The van der Waals surface area contributed by atoms with Crippen LogP contribution in [-0.2, 0) is 13.8 Å². The predicted octanol–water partition coefficient (Wildman–Crippen LogP) is 1.89. The van der Waals surface area contributed by atoms with E-state index in [1.807, 2.05) is 0 Å². The average molecular weight is 232 g/mol. The highest BCUT2D eigenvalue weighted by Crippen LogP contribution is 2.27. The summed E-state index contributed by atoms with van der Waals surface area (Å²) in [5.41, 5.74) is 0.717. The maximum atomic E-state index is 11.1. The lowest BCUT2D eigenvalue weighted by atomic mass is 10.2. The van der Waals surface area contributed by atoms with Crippen molar-refractivity contribution in [3.63, 3.8) is 0 Å². The summed E-state index contributed by atoms with van der Waals surface area (Å²) in [6, 6.07) is 4.37. The van der Waals surface area contributed by atoms with Crippen molar-refractivity contribution >= 4 is 31.5 Å². The van der Waals surface area contributed by atoms with Crippen molar-refractivity contribution in [2.75, 3.05) is 0 Å². The number of rotatable bonds is 2. The number of benzene rings is 1. The lowest BCUT2D eigenvalue weighted by Crippen LogP contribution is -1.91. The minimum Gasteiger partial charge on any atom is -0.211 e. The summed E-state index contributed by atoms with van der Waals surface area (Å²) in [7, 11) is 1.28. The molecule has 4 nitrogen and oxygen atoms in total. The van der Waals surface area contributed by atoms with Crippen LogP contribution in [0, 0.1) is 6.92 Å². The first-order valence-corrected chi connectivity index (χ1v) is 5.89. The Hall–Kier alpha value is -1.16. The number of halogens is 1. The number of hydrogen-bond donors (Lipinski definition) is 0. The molecule has 0 heterocycles. The number of aryl methyl sites for hydroxylation is 1. The molecule has 1 aromatic carbocycles. The fraction of sp³-hybridized carbons (Fsp3) is 0.125. The second kappa shape index (κ2) is 3.92. The SMILES string of the molecule is Cc1ccc(N=C=O)c(S(=O)(=O)Cl)c1. The smallest absolute Gasteiger partial charge is 0.211 e. The normalized spacial score (nSPS) is 10.7. The molecule has 14 heavy (non-hydrogen) atoms. The van der Waals surface area contributed by atoms with Crippen molar-refractivity contribution in [2.24, 2.45) is 4.99 Å². The minimum absolute atomic E-state index is 0.000556. The zero-order chi connectivity index (χ0) is 10.8. The number of nitrogens with zero attached hydrogens (tertiary/aromatic N) is 1. The molecule has 0 saturated heterocycles. The van der Waals surface area contributed by atoms with Crippen molar-refractivity contribution < 1.29 is 13.2 Å². The summed E-state index contributed by atoms with van der Waals surface area (Å²) in [5.74, 6) is 0. The molecule has 74 valence electrons. The van der Waals surface area contributed by atoms with Crippen LogP contribution in [0.15, 0.2) is 28.1 Å². The van der Waals surface area contributed by atoms with Gasteiger partial charge in [0.05, 0.1) is 5.69 Å². The molecule has 0 atom stereocenters. The standard InChI is InChI=1S/C8H6ClNO3S/c1-6-2-3-7(10-5-11)8(4-6)14(9,12)13/h2-4H,1H3. The number of aliphatic imine (C=N–C) groups is 1. The van der Waals surface area contributed by atoms with Gasteiger partial charge in [-0.25, -0.2) is 13.2 Å². The molecule has 1 rings (SSSR count). The van der Waals surface area contributed by atoms with Gasteiger partial charge in [0.1, 0.15) is 4.90 Å². The molecule has 0 fully saturated rings. The third kappa shape index (κ3) is 2.42. The molecule has 0 amide bonds. The van der Waals surface area contributed by atoms with Crippen molar-refractivity contribution in [3.8, 4) is 0 Å². The third-order valence-corrected chi connectivity index (χ3v) is 2.90. The van der Waals surface area contributed by atoms with E-state index in [0.29, 0.717) is 5.56 Å². The van der Waals surface area contributed by atoms with E-state index < -0.39 is 9.05 Å². The Morgan fingerprint density at radius 2 is 2.07 bits per heavy atom. The first-order valence-electron chi connectivity index (χ1n) is 3.58. The second-order valence-corrected chi connectivity index (χ2v) is 5.15. The summed E-state index contributed by atoms with van der Waals surface area (Å²) in [4.78, 5) is 13.1. The van der Waals surface area contributed by atoms with E-state index in [1.165, 1.54) is 18.2 Å². The van der Waals surface area contributed by atoms with Crippen LogP contribution in [0.5, 0.6) is 0 Å². The molecule has 1 aromatic rings. The zero-order valence-electron chi connectivity index (χ0n) is 7.19. The fourth-order valence-corrected chi connectivity index (χ4v) is 2.02. The molecule has 0 aliphatic carbocycles. The maximum absolute atomic E-state index is 11.1. The average Bonchev–Trinajstić information content (AvgIpc) is 2.07. The van der Waals surface area contributed by atoms with Crippen LogP contribution in [-0.4, -0.2) is 14.5 Å². The molecule has 0 unspecified atom stereocenters. The molecule has 0 aliphatic heterocycles. The summed E-state index contributed by atoms with van der Waals surface area (Å²) in [6.07, 6.45) is 1.27. The predicted molar refractivity (Wildman–Crippen MR) is 52.0 cm³/mol. The van der Waals surface area contributed by atoms with Crippen LogP contribution < -0.4 is 0 Å². The molecule has 0 bridgehead atoms. The Labute approximate surface area is 85.7 Å². The fourth-order valence-electron chi connectivity index (χ4n) is 0.958. The van der Waals surface area contributed by atoms with Crippen LogP contribution in [0.4, 0.5) is 5.69 Å². The Balaban J connectivity index is 3.53. The van der Waals surface area contributed by atoms with Gasteiger partial charge < -0.3 is 0 Å². The topological polar surface area (TPSA) is 63.6 Å². The Morgan fingerprint density at radius 1 is 1.43 bits per heavy atom. The number of hydrogen-bond acceptors (Lipinski definition) is 4. The first kappa shape index (κ1) is 10.9. The Kier molecular flexibility index (Phi) is 3.06. The van der Waals surface area contributed by atoms with Gasteiger partial charge in [-0.2, -0.15) is 4.99 Å². The summed E-state index contributed by atoms with van der Waals surface area (Å²) >= 11 is 0. The van der Waals surface area contributed by atoms with Crippen LogP contribution in [0.25, 0.3) is 0 Å². The largest absolute Gasteiger partial charge is 0.263 e. The molecular weight excluding hydrogens is 226 g/mol. The number of isocyanates is 1. The molecule has 0 saturated carbocycles. The van der Waals surface area contributed by atoms with E-state index in [-0.39, 0.29) is 10.6 Å². The maximum Gasteiger partial charge on any atom is 0.263 e. The van der Waals surface area contributed by atoms with Gasteiger partial charge in [-0.15, -0.1) is 0 Å². The highest BCUT2D eigenvalue weighted by molar-refractivity contribution is 8.13. The van der Waals surface area contributed by atoms with E-state index in [4.69, 9.17) is 10.7 Å². The minimum atomic E-state index is -3.88. The van der Waals surface area contributed by atoms with E-state index in [0.717, 1.165) is 0 Å². The molecule has 0 aromatic heterocycles. The van der Waals surface area contributed by atoms with Crippen molar-refractivity contribution in [1.82, 2.24) is 0 Å². The third-order valence-electron chi connectivity index (χ3n) is 1.54. The van der Waals surface area contributed by atoms with E-state index in [2.05, 4.69) is 4.99 Å². The Bertz CT molecular complexity index is 503. The van der Waals surface area contributed by atoms with Gasteiger partial charge in [-0.1, -0.05) is 6.07 Å². The van der Waals surface area contributed by atoms with Gasteiger partial charge >= 0.3 is 0 Å². The summed E-state index contributed by atoms with van der Waals surface area (Å²) < 4.78 is 22.1. The first-order chi connectivity index (χ1) is 6.45. The van der Waals surface area contributed by atoms with Crippen molar-refractivity contribution in [2.45, 2.75) is 11.8 Å². The zero-order valence-corrected chi connectivity index (χ0v) is 8.76. The molecule has 6 heteroatoms. The van der Waals surface area contributed by atoms with E-state index >= 15 is 0 Å². The van der Waals surface area contributed by atoms with Crippen LogP contribution in [0.1, 0.15) is 5.56 Å². The van der Waals surface area contributed by atoms with Crippen molar-refractivity contribution in [1.29, 1.82) is 0 Å². The molecule has 0 aliphatic rings. The molecule has 0 N–H and O–H groups in total. The van der Waals surface area contributed by atoms with Gasteiger partial charge in [-0.05, 0) is 24.6 Å². The van der Waals surface area contributed by atoms with E-state index in [1.54, 1.807) is 13.0 Å².